The molecule has 1 fully saturated rings. The number of carbonyl (C=O) groups is 2. The maximum Gasteiger partial charge on any atom is 0.340 e. The van der Waals surface area contributed by atoms with Gasteiger partial charge in [0.2, 0.25) is 0 Å². The van der Waals surface area contributed by atoms with Crippen molar-refractivity contribution in [3.63, 3.8) is 0 Å². The van der Waals surface area contributed by atoms with E-state index in [4.69, 9.17) is 9.47 Å². The van der Waals surface area contributed by atoms with E-state index < -0.39 is 17.6 Å². The van der Waals surface area contributed by atoms with Crippen molar-refractivity contribution < 1.29 is 27.8 Å². The number of carbonyl (C=O) groups excluding carboxylic acids is 2. The summed E-state index contributed by atoms with van der Waals surface area (Å²) < 4.78 is 35.4. The van der Waals surface area contributed by atoms with E-state index in [1.807, 2.05) is 0 Å². The van der Waals surface area contributed by atoms with Crippen molar-refractivity contribution in [1.82, 2.24) is 5.32 Å². The minimum absolute atomic E-state index is 0.0139. The molecular formula is C21H22F2N2O4S. The van der Waals surface area contributed by atoms with Crippen molar-refractivity contribution in [3.05, 3.63) is 54.1 Å². The Hall–Kier alpha value is -2.65. The summed E-state index contributed by atoms with van der Waals surface area (Å²) in [6.45, 7) is 0.709. The lowest BCUT2D eigenvalue weighted by Gasteiger charge is -2.13. The predicted molar refractivity (Wildman–Crippen MR) is 110 cm³/mol. The molecule has 1 unspecified atom stereocenters. The fraction of sp³-hybridized carbons (Fsp3) is 0.333. The predicted octanol–water partition coefficient (Wildman–Crippen LogP) is 4.20. The Kier molecular flexibility index (Phi) is 8.04. The smallest absolute Gasteiger partial charge is 0.340 e. The summed E-state index contributed by atoms with van der Waals surface area (Å²) >= 11 is 0.462. The van der Waals surface area contributed by atoms with Gasteiger partial charge in [0.05, 0.1) is 17.4 Å². The Morgan fingerprint density at radius 2 is 1.93 bits per heavy atom. The number of thioether (sulfide) groups is 1. The number of ether oxygens (including phenoxy) is 2. The largest absolute Gasteiger partial charge is 0.452 e. The Labute approximate surface area is 177 Å². The molecule has 2 aromatic rings. The zero-order valence-corrected chi connectivity index (χ0v) is 16.9. The molecule has 1 aliphatic rings. The molecule has 160 valence electrons. The molecule has 3 rings (SSSR count). The molecule has 2 aromatic carbocycles. The van der Waals surface area contributed by atoms with E-state index in [0.29, 0.717) is 41.2 Å². The molecular weight excluding hydrogens is 414 g/mol. The summed E-state index contributed by atoms with van der Waals surface area (Å²) in [4.78, 5) is 24.8. The minimum Gasteiger partial charge on any atom is -0.452 e. The van der Waals surface area contributed by atoms with Crippen LogP contribution in [0.4, 0.5) is 20.2 Å². The summed E-state index contributed by atoms with van der Waals surface area (Å²) in [6.07, 6.45) is 1.90. The van der Waals surface area contributed by atoms with Gasteiger partial charge in [-0.25, -0.2) is 4.79 Å². The molecule has 0 saturated carbocycles. The van der Waals surface area contributed by atoms with E-state index in [2.05, 4.69) is 10.6 Å². The van der Waals surface area contributed by atoms with Crippen LogP contribution in [-0.2, 0) is 14.3 Å². The summed E-state index contributed by atoms with van der Waals surface area (Å²) in [5.74, 6) is -3.52. The number of hydrogen-bond donors (Lipinski definition) is 2. The molecule has 0 bridgehead atoms. The highest BCUT2D eigenvalue weighted by molar-refractivity contribution is 7.99. The van der Waals surface area contributed by atoms with Crippen LogP contribution in [0.1, 0.15) is 23.2 Å². The van der Waals surface area contributed by atoms with Crippen molar-refractivity contribution in [1.29, 1.82) is 0 Å². The number of anilines is 2. The van der Waals surface area contributed by atoms with Crippen LogP contribution < -0.4 is 10.6 Å². The van der Waals surface area contributed by atoms with Crippen LogP contribution >= 0.6 is 11.8 Å². The van der Waals surface area contributed by atoms with Crippen LogP contribution in [0.25, 0.3) is 0 Å². The van der Waals surface area contributed by atoms with Crippen LogP contribution in [0.5, 0.6) is 0 Å². The third-order valence-electron chi connectivity index (χ3n) is 4.39. The van der Waals surface area contributed by atoms with Crippen LogP contribution in [-0.4, -0.2) is 43.5 Å². The van der Waals surface area contributed by atoms with E-state index in [1.54, 1.807) is 48.5 Å². The van der Waals surface area contributed by atoms with E-state index in [-0.39, 0.29) is 18.3 Å². The highest BCUT2D eigenvalue weighted by Gasteiger charge is 2.18. The Bertz CT molecular complexity index is 858. The summed E-state index contributed by atoms with van der Waals surface area (Å²) in [6, 6.07) is 13.1. The van der Waals surface area contributed by atoms with Crippen molar-refractivity contribution in [2.45, 2.75) is 29.6 Å². The lowest BCUT2D eigenvalue weighted by Crippen LogP contribution is -2.34. The van der Waals surface area contributed by atoms with E-state index >= 15 is 0 Å². The molecule has 1 aliphatic heterocycles. The first-order chi connectivity index (χ1) is 14.5. The molecule has 9 heteroatoms. The molecule has 0 aromatic heterocycles. The maximum absolute atomic E-state index is 12.4. The average molecular weight is 436 g/mol. The number of hydrogen-bond acceptors (Lipinski definition) is 6. The van der Waals surface area contributed by atoms with Crippen LogP contribution in [0.2, 0.25) is 0 Å². The van der Waals surface area contributed by atoms with E-state index in [9.17, 15) is 18.4 Å². The van der Waals surface area contributed by atoms with Gasteiger partial charge in [0, 0.05) is 23.7 Å². The molecule has 6 nitrogen and oxygen atoms in total. The van der Waals surface area contributed by atoms with Crippen molar-refractivity contribution in [3.8, 4) is 0 Å². The molecule has 30 heavy (non-hydrogen) atoms. The number of benzene rings is 2. The first-order valence-electron chi connectivity index (χ1n) is 9.47. The quantitative estimate of drug-likeness (QED) is 0.453. The second kappa shape index (κ2) is 10.9. The molecule has 1 heterocycles. The number of nitrogens with one attached hydrogen (secondary N) is 2. The lowest BCUT2D eigenvalue weighted by molar-refractivity contribution is -0.124. The molecule has 2 N–H and O–H groups in total. The monoisotopic (exact) mass is 436 g/mol. The van der Waals surface area contributed by atoms with Crippen molar-refractivity contribution in [2.75, 3.05) is 25.1 Å². The summed E-state index contributed by atoms with van der Waals surface area (Å²) in [5.41, 5.74) is 1.37. The summed E-state index contributed by atoms with van der Waals surface area (Å²) in [7, 11) is 0. The number of rotatable bonds is 9. The number of esters is 1. The highest BCUT2D eigenvalue weighted by atomic mass is 32.2. The van der Waals surface area contributed by atoms with Gasteiger partial charge in [-0.15, -0.1) is 0 Å². The number of halogens is 2. The van der Waals surface area contributed by atoms with Gasteiger partial charge >= 0.3 is 5.97 Å². The highest BCUT2D eigenvalue weighted by Crippen LogP contribution is 2.28. The molecule has 0 spiro atoms. The van der Waals surface area contributed by atoms with Gasteiger partial charge in [-0.1, -0.05) is 23.9 Å². The molecule has 0 aliphatic carbocycles. The second-order valence-corrected chi connectivity index (χ2v) is 7.65. The normalized spacial score (nSPS) is 15.8. The second-order valence-electron chi connectivity index (χ2n) is 6.59. The zero-order chi connectivity index (χ0) is 21.3. The molecule has 0 radical (unpaired) electrons. The van der Waals surface area contributed by atoms with E-state index in [1.165, 1.54) is 0 Å². The first-order valence-corrected chi connectivity index (χ1v) is 10.4. The fourth-order valence-corrected chi connectivity index (χ4v) is 3.44. The first kappa shape index (κ1) is 22.0. The fourth-order valence-electron chi connectivity index (χ4n) is 2.94. The van der Waals surface area contributed by atoms with Crippen molar-refractivity contribution in [2.24, 2.45) is 0 Å². The van der Waals surface area contributed by atoms with E-state index in [0.717, 1.165) is 12.8 Å². The number of amides is 1. The van der Waals surface area contributed by atoms with Gasteiger partial charge in [-0.05, 0) is 49.2 Å². The Morgan fingerprint density at radius 3 is 2.63 bits per heavy atom. The third-order valence-corrected chi connectivity index (χ3v) is 5.11. The maximum atomic E-state index is 12.4. The minimum atomic E-state index is -2.48. The molecule has 1 amide bonds. The van der Waals surface area contributed by atoms with Gasteiger partial charge in [0.15, 0.2) is 6.61 Å². The SMILES string of the molecule is O=C(COC(=O)c1ccccc1Nc1ccc(SC(F)F)cc1)NCC1CCCO1. The average Bonchev–Trinajstić information content (AvgIpc) is 3.26. The lowest BCUT2D eigenvalue weighted by atomic mass is 10.1. The number of alkyl halides is 2. The summed E-state index contributed by atoms with van der Waals surface area (Å²) in [5, 5.41) is 5.76. The topological polar surface area (TPSA) is 76.7 Å². The Balaban J connectivity index is 1.54. The van der Waals surface area contributed by atoms with Gasteiger partial charge in [-0.2, -0.15) is 8.78 Å². The van der Waals surface area contributed by atoms with Gasteiger partial charge in [0.1, 0.15) is 0 Å². The Morgan fingerprint density at radius 1 is 1.17 bits per heavy atom. The van der Waals surface area contributed by atoms with Gasteiger partial charge in [0.25, 0.3) is 11.7 Å². The van der Waals surface area contributed by atoms with Crippen LogP contribution in [0, 0.1) is 0 Å². The van der Waals surface area contributed by atoms with Crippen molar-refractivity contribution >= 4 is 35.0 Å². The third kappa shape index (κ3) is 6.70. The molecule has 1 saturated heterocycles. The van der Waals surface area contributed by atoms with Gasteiger partial charge in [-0.3, -0.25) is 4.79 Å². The number of para-hydroxylation sites is 1. The molecule has 1 atom stereocenters. The van der Waals surface area contributed by atoms with Gasteiger partial charge < -0.3 is 20.1 Å². The van der Waals surface area contributed by atoms with Crippen LogP contribution in [0.15, 0.2) is 53.4 Å². The van der Waals surface area contributed by atoms with Crippen LogP contribution in [0.3, 0.4) is 0 Å². The standard InChI is InChI=1S/C21H22F2N2O4S/c22-21(23)30-16-9-7-14(8-10-16)25-18-6-2-1-5-17(18)20(27)29-13-19(26)24-12-15-4-3-11-28-15/h1-2,5-10,15,21,25H,3-4,11-13H2,(H,24,26). The zero-order valence-electron chi connectivity index (χ0n) is 16.1.